The second kappa shape index (κ2) is 6.52. The minimum atomic E-state index is -0.263. The summed E-state index contributed by atoms with van der Waals surface area (Å²) in [5.74, 6) is -0.263. The maximum atomic E-state index is 13.2. The maximum absolute atomic E-state index is 13.2. The zero-order valence-corrected chi connectivity index (χ0v) is 13.5. The van der Waals surface area contributed by atoms with Gasteiger partial charge in [-0.3, -0.25) is 0 Å². The first-order valence-electron chi connectivity index (χ1n) is 7.40. The van der Waals surface area contributed by atoms with Gasteiger partial charge in [0.1, 0.15) is 5.82 Å². The van der Waals surface area contributed by atoms with Gasteiger partial charge in [-0.25, -0.2) is 9.07 Å². The first-order valence-corrected chi connectivity index (χ1v) is 7.78. The van der Waals surface area contributed by atoms with Crippen LogP contribution in [0.15, 0.2) is 48.5 Å². The summed E-state index contributed by atoms with van der Waals surface area (Å²) in [7, 11) is 0. The predicted octanol–water partition coefficient (Wildman–Crippen LogP) is 4.14. The second-order valence-corrected chi connectivity index (χ2v) is 5.85. The van der Waals surface area contributed by atoms with Crippen LogP contribution in [0.25, 0.3) is 16.9 Å². The lowest BCUT2D eigenvalue weighted by Crippen LogP contribution is -2.05. The number of benzene rings is 2. The number of aryl methyl sites for hydroxylation is 1. The number of halogens is 2. The highest BCUT2D eigenvalue weighted by Gasteiger charge is 2.13. The molecule has 3 nitrogen and oxygen atoms in total. The van der Waals surface area contributed by atoms with E-state index in [1.165, 1.54) is 12.1 Å². The molecule has 2 N–H and O–H groups in total. The van der Waals surface area contributed by atoms with Gasteiger partial charge in [-0.2, -0.15) is 5.10 Å². The van der Waals surface area contributed by atoms with E-state index >= 15 is 0 Å². The fourth-order valence-electron chi connectivity index (χ4n) is 2.52. The van der Waals surface area contributed by atoms with E-state index in [0.29, 0.717) is 18.0 Å². The average molecular weight is 330 g/mol. The molecule has 1 heterocycles. The lowest BCUT2D eigenvalue weighted by atomic mass is 10.1. The van der Waals surface area contributed by atoms with Crippen LogP contribution < -0.4 is 5.73 Å². The number of rotatable bonds is 4. The van der Waals surface area contributed by atoms with Crippen molar-refractivity contribution in [2.75, 3.05) is 6.54 Å². The summed E-state index contributed by atoms with van der Waals surface area (Å²) in [6, 6.07) is 14.0. The van der Waals surface area contributed by atoms with Gasteiger partial charge >= 0.3 is 0 Å². The fourth-order valence-corrected chi connectivity index (χ4v) is 2.69. The second-order valence-electron chi connectivity index (χ2n) is 5.41. The largest absolute Gasteiger partial charge is 0.330 e. The van der Waals surface area contributed by atoms with Gasteiger partial charge < -0.3 is 5.73 Å². The summed E-state index contributed by atoms with van der Waals surface area (Å²) in [5.41, 5.74) is 10.3. The van der Waals surface area contributed by atoms with E-state index < -0.39 is 0 Å². The highest BCUT2D eigenvalue weighted by Crippen LogP contribution is 2.27. The zero-order chi connectivity index (χ0) is 16.4. The van der Waals surface area contributed by atoms with Gasteiger partial charge in [0.15, 0.2) is 0 Å². The van der Waals surface area contributed by atoms with Gasteiger partial charge in [-0.15, -0.1) is 0 Å². The molecule has 0 unspecified atom stereocenters. The van der Waals surface area contributed by atoms with E-state index in [-0.39, 0.29) is 5.82 Å². The van der Waals surface area contributed by atoms with Gasteiger partial charge in [0.2, 0.25) is 0 Å². The Morgan fingerprint density at radius 3 is 2.57 bits per heavy atom. The Bertz CT molecular complexity index is 825. The van der Waals surface area contributed by atoms with Crippen molar-refractivity contribution in [2.45, 2.75) is 13.3 Å². The normalized spacial score (nSPS) is 11.0. The molecule has 0 saturated carbocycles. The quantitative estimate of drug-likeness (QED) is 0.781. The van der Waals surface area contributed by atoms with E-state index in [9.17, 15) is 4.39 Å². The molecule has 0 saturated heterocycles. The van der Waals surface area contributed by atoms with Crippen molar-refractivity contribution in [2.24, 2.45) is 5.73 Å². The highest BCUT2D eigenvalue weighted by molar-refractivity contribution is 6.30. The third-order valence-electron chi connectivity index (χ3n) is 3.70. The van der Waals surface area contributed by atoms with Crippen LogP contribution in [-0.2, 0) is 6.42 Å². The van der Waals surface area contributed by atoms with Gasteiger partial charge in [-0.1, -0.05) is 17.7 Å². The summed E-state index contributed by atoms with van der Waals surface area (Å²) < 4.78 is 15.1. The molecule has 5 heteroatoms. The average Bonchev–Trinajstić information content (AvgIpc) is 2.94. The first-order chi connectivity index (χ1) is 11.1. The van der Waals surface area contributed by atoms with E-state index in [0.717, 1.165) is 28.2 Å². The van der Waals surface area contributed by atoms with E-state index in [2.05, 4.69) is 5.10 Å². The predicted molar refractivity (Wildman–Crippen MR) is 91.5 cm³/mol. The molecule has 118 valence electrons. The topological polar surface area (TPSA) is 43.8 Å². The van der Waals surface area contributed by atoms with Crippen molar-refractivity contribution >= 4 is 11.6 Å². The van der Waals surface area contributed by atoms with Crippen molar-refractivity contribution in [1.82, 2.24) is 9.78 Å². The number of hydrogen-bond donors (Lipinski definition) is 1. The molecule has 0 atom stereocenters. The molecule has 2 aromatic carbocycles. The molecule has 3 rings (SSSR count). The summed E-state index contributed by atoms with van der Waals surface area (Å²) in [5, 5.41) is 5.30. The molecule has 0 spiro atoms. The van der Waals surface area contributed by atoms with Crippen molar-refractivity contribution in [3.8, 4) is 16.9 Å². The molecular formula is C18H17ClFN3. The van der Waals surface area contributed by atoms with Crippen molar-refractivity contribution in [3.05, 3.63) is 70.6 Å². The Hall–Kier alpha value is -2.17. The molecule has 23 heavy (non-hydrogen) atoms. The summed E-state index contributed by atoms with van der Waals surface area (Å²) in [6.07, 6.45) is 0.681. The van der Waals surface area contributed by atoms with Crippen molar-refractivity contribution in [3.63, 3.8) is 0 Å². The van der Waals surface area contributed by atoms with E-state index in [4.69, 9.17) is 17.3 Å². The standard InChI is InChI=1S/C18H17ClFN3/c1-12-2-5-14(19)10-17(12)23-18(11-16(22-23)8-9-21)13-3-6-15(20)7-4-13/h2-7,10-11H,8-9,21H2,1H3. The number of nitrogens with two attached hydrogens (primary N) is 1. The lowest BCUT2D eigenvalue weighted by molar-refractivity contribution is 0.628. The Morgan fingerprint density at radius 2 is 1.87 bits per heavy atom. The number of nitrogens with zero attached hydrogens (tertiary/aromatic N) is 2. The van der Waals surface area contributed by atoms with Gasteiger partial charge in [-0.05, 0) is 61.5 Å². The Kier molecular flexibility index (Phi) is 4.46. The Balaban J connectivity index is 2.18. The Labute approximate surface area is 139 Å². The van der Waals surface area contributed by atoms with Crippen LogP contribution >= 0.6 is 11.6 Å². The monoisotopic (exact) mass is 329 g/mol. The molecule has 0 aliphatic heterocycles. The third-order valence-corrected chi connectivity index (χ3v) is 3.93. The Morgan fingerprint density at radius 1 is 1.13 bits per heavy atom. The summed E-state index contributed by atoms with van der Waals surface area (Å²) in [6.45, 7) is 2.53. The van der Waals surface area contributed by atoms with Gasteiger partial charge in [0, 0.05) is 17.0 Å². The molecular weight excluding hydrogens is 313 g/mol. The fraction of sp³-hybridized carbons (Fsp3) is 0.167. The maximum Gasteiger partial charge on any atom is 0.123 e. The van der Waals surface area contributed by atoms with Crippen LogP contribution in [0, 0.1) is 12.7 Å². The van der Waals surface area contributed by atoms with Crippen LogP contribution in [0.1, 0.15) is 11.3 Å². The molecule has 0 radical (unpaired) electrons. The van der Waals surface area contributed by atoms with E-state index in [1.54, 1.807) is 12.1 Å². The zero-order valence-electron chi connectivity index (χ0n) is 12.8. The molecule has 1 aromatic heterocycles. The summed E-state index contributed by atoms with van der Waals surface area (Å²) in [4.78, 5) is 0. The molecule has 0 bridgehead atoms. The van der Waals surface area contributed by atoms with Gasteiger partial charge in [0.25, 0.3) is 0 Å². The van der Waals surface area contributed by atoms with Crippen LogP contribution in [0.2, 0.25) is 5.02 Å². The van der Waals surface area contributed by atoms with Gasteiger partial charge in [0.05, 0.1) is 17.1 Å². The lowest BCUT2D eigenvalue weighted by Gasteiger charge is -2.11. The van der Waals surface area contributed by atoms with E-state index in [1.807, 2.05) is 35.9 Å². The summed E-state index contributed by atoms with van der Waals surface area (Å²) >= 11 is 6.14. The van der Waals surface area contributed by atoms with Crippen LogP contribution in [0.3, 0.4) is 0 Å². The molecule has 0 aliphatic rings. The molecule has 0 fully saturated rings. The minimum Gasteiger partial charge on any atom is -0.330 e. The number of aromatic nitrogens is 2. The highest BCUT2D eigenvalue weighted by atomic mass is 35.5. The SMILES string of the molecule is Cc1ccc(Cl)cc1-n1nc(CCN)cc1-c1ccc(F)cc1. The molecule has 3 aromatic rings. The minimum absolute atomic E-state index is 0.263. The number of hydrogen-bond acceptors (Lipinski definition) is 2. The first kappa shape index (κ1) is 15.7. The molecule has 0 aliphatic carbocycles. The molecule has 0 amide bonds. The van der Waals surface area contributed by atoms with Crippen molar-refractivity contribution < 1.29 is 4.39 Å². The third kappa shape index (κ3) is 3.28. The van der Waals surface area contributed by atoms with Crippen LogP contribution in [0.4, 0.5) is 4.39 Å². The van der Waals surface area contributed by atoms with Crippen LogP contribution in [0.5, 0.6) is 0 Å². The van der Waals surface area contributed by atoms with Crippen molar-refractivity contribution in [1.29, 1.82) is 0 Å². The smallest absolute Gasteiger partial charge is 0.123 e. The van der Waals surface area contributed by atoms with Crippen LogP contribution in [-0.4, -0.2) is 16.3 Å².